The summed E-state index contributed by atoms with van der Waals surface area (Å²) in [5, 5.41) is 2.64. The molecule has 29 heavy (non-hydrogen) atoms. The van der Waals surface area contributed by atoms with Crippen molar-refractivity contribution in [2.45, 2.75) is 20.0 Å². The largest absolute Gasteiger partial charge is 0.481 e. The average molecular weight is 399 g/mol. The number of esters is 2. The molecular formula is C21H21NO7. The van der Waals surface area contributed by atoms with Gasteiger partial charge in [-0.05, 0) is 44.2 Å². The Morgan fingerprint density at radius 1 is 0.897 bits per heavy atom. The number of methoxy groups -OCH3 is 2. The zero-order valence-electron chi connectivity index (χ0n) is 16.5. The van der Waals surface area contributed by atoms with Gasteiger partial charge in [0, 0.05) is 5.56 Å². The molecule has 0 aliphatic carbocycles. The molecule has 0 aromatic heterocycles. The van der Waals surface area contributed by atoms with Crippen LogP contribution in [0.1, 0.15) is 44.9 Å². The van der Waals surface area contributed by atoms with Crippen molar-refractivity contribution >= 4 is 29.3 Å². The number of carbonyl (C=O) groups is 4. The van der Waals surface area contributed by atoms with Crippen molar-refractivity contribution in [3.63, 3.8) is 0 Å². The number of rotatable bonds is 7. The lowest BCUT2D eigenvalue weighted by Gasteiger charge is -2.17. The maximum atomic E-state index is 12.5. The van der Waals surface area contributed by atoms with Crippen LogP contribution in [0.15, 0.2) is 42.5 Å². The summed E-state index contributed by atoms with van der Waals surface area (Å²) in [7, 11) is 2.41. The monoisotopic (exact) mass is 399 g/mol. The molecule has 8 heteroatoms. The van der Waals surface area contributed by atoms with E-state index in [1.165, 1.54) is 46.3 Å². The van der Waals surface area contributed by atoms with E-state index in [4.69, 9.17) is 4.74 Å². The second kappa shape index (κ2) is 9.50. The molecule has 2 aromatic rings. The Balaban J connectivity index is 2.24. The number of amides is 1. The van der Waals surface area contributed by atoms with Gasteiger partial charge in [0.2, 0.25) is 0 Å². The van der Waals surface area contributed by atoms with Crippen molar-refractivity contribution < 1.29 is 33.4 Å². The number of anilines is 1. The molecule has 1 atom stereocenters. The van der Waals surface area contributed by atoms with Gasteiger partial charge in [0.25, 0.3) is 5.91 Å². The summed E-state index contributed by atoms with van der Waals surface area (Å²) in [5.74, 6) is -1.94. The topological polar surface area (TPSA) is 108 Å². The summed E-state index contributed by atoms with van der Waals surface area (Å²) in [6, 6.07) is 10.6. The standard InChI is InChI=1S/C21H21NO7/c1-12(23)17-7-5-6-8-18(17)22-19(24)13(2)29-16-10-14(20(25)27-3)9-15(11-16)21(26)28-4/h5-11,13H,1-4H3,(H,22,24)/t13-/m1/s1. The molecule has 0 aliphatic heterocycles. The first-order chi connectivity index (χ1) is 13.8. The highest BCUT2D eigenvalue weighted by molar-refractivity contribution is 6.04. The smallest absolute Gasteiger partial charge is 0.338 e. The van der Waals surface area contributed by atoms with Gasteiger partial charge >= 0.3 is 11.9 Å². The minimum atomic E-state index is -0.992. The number of ketones is 1. The van der Waals surface area contributed by atoms with Gasteiger partial charge in [-0.2, -0.15) is 0 Å². The predicted octanol–water partition coefficient (Wildman–Crippen LogP) is 2.87. The molecule has 1 amide bonds. The molecule has 152 valence electrons. The second-order valence-corrected chi connectivity index (χ2v) is 6.08. The molecule has 0 radical (unpaired) electrons. The molecule has 0 unspecified atom stereocenters. The van der Waals surface area contributed by atoms with E-state index in [0.717, 1.165) is 0 Å². The van der Waals surface area contributed by atoms with Crippen molar-refractivity contribution in [1.82, 2.24) is 0 Å². The van der Waals surface area contributed by atoms with E-state index in [0.29, 0.717) is 11.3 Å². The van der Waals surface area contributed by atoms with Crippen molar-refractivity contribution in [1.29, 1.82) is 0 Å². The number of para-hydroxylation sites is 1. The summed E-state index contributed by atoms with van der Waals surface area (Å²) in [6.45, 7) is 2.89. The molecule has 0 bridgehead atoms. The normalized spacial score (nSPS) is 11.2. The molecule has 2 rings (SSSR count). The minimum Gasteiger partial charge on any atom is -0.481 e. The van der Waals surface area contributed by atoms with Crippen LogP contribution in [0.4, 0.5) is 5.69 Å². The van der Waals surface area contributed by atoms with E-state index in [1.54, 1.807) is 24.3 Å². The van der Waals surface area contributed by atoms with E-state index in [-0.39, 0.29) is 22.7 Å². The number of ether oxygens (including phenoxy) is 3. The van der Waals surface area contributed by atoms with E-state index in [1.807, 2.05) is 0 Å². The second-order valence-electron chi connectivity index (χ2n) is 6.08. The lowest BCUT2D eigenvalue weighted by atomic mass is 10.1. The Kier molecular flexibility index (Phi) is 7.08. The van der Waals surface area contributed by atoms with Crippen LogP contribution in [0, 0.1) is 0 Å². The number of hydrogen-bond acceptors (Lipinski definition) is 7. The third-order valence-corrected chi connectivity index (χ3v) is 4.00. The Morgan fingerprint density at radius 3 is 1.97 bits per heavy atom. The Labute approximate surface area is 167 Å². The highest BCUT2D eigenvalue weighted by atomic mass is 16.5. The molecule has 1 N–H and O–H groups in total. The SMILES string of the molecule is COC(=O)c1cc(O[C@H](C)C(=O)Nc2ccccc2C(C)=O)cc(C(=O)OC)c1. The third kappa shape index (κ3) is 5.41. The Hall–Kier alpha value is -3.68. The first-order valence-electron chi connectivity index (χ1n) is 8.66. The first kappa shape index (κ1) is 21.6. The summed E-state index contributed by atoms with van der Waals surface area (Å²) in [5.41, 5.74) is 0.868. The third-order valence-electron chi connectivity index (χ3n) is 4.00. The first-order valence-corrected chi connectivity index (χ1v) is 8.66. The van der Waals surface area contributed by atoms with Gasteiger partial charge in [-0.15, -0.1) is 0 Å². The molecule has 0 saturated heterocycles. The van der Waals surface area contributed by atoms with Gasteiger partial charge < -0.3 is 19.5 Å². The average Bonchev–Trinajstić information content (AvgIpc) is 2.72. The van der Waals surface area contributed by atoms with Crippen LogP contribution >= 0.6 is 0 Å². The summed E-state index contributed by atoms with van der Waals surface area (Å²) in [6.07, 6.45) is -0.992. The van der Waals surface area contributed by atoms with E-state index >= 15 is 0 Å². The summed E-state index contributed by atoms with van der Waals surface area (Å²) in [4.78, 5) is 47.9. The fourth-order valence-corrected chi connectivity index (χ4v) is 2.53. The molecule has 0 aliphatic rings. The van der Waals surface area contributed by atoms with Crippen molar-refractivity contribution in [2.24, 2.45) is 0 Å². The quantitative estimate of drug-likeness (QED) is 0.563. The Morgan fingerprint density at radius 2 is 1.45 bits per heavy atom. The zero-order chi connectivity index (χ0) is 21.6. The van der Waals surface area contributed by atoms with Crippen LogP contribution in [-0.2, 0) is 14.3 Å². The van der Waals surface area contributed by atoms with Crippen LogP contribution in [-0.4, -0.2) is 44.0 Å². The maximum Gasteiger partial charge on any atom is 0.338 e. The lowest BCUT2D eigenvalue weighted by Crippen LogP contribution is -2.30. The molecule has 0 heterocycles. The van der Waals surface area contributed by atoms with Gasteiger partial charge in [-0.25, -0.2) is 9.59 Å². The van der Waals surface area contributed by atoms with Gasteiger partial charge in [-0.1, -0.05) is 12.1 Å². The highest BCUT2D eigenvalue weighted by Crippen LogP contribution is 2.21. The number of Topliss-reactive ketones (excluding diaryl/α,β-unsaturated/α-hetero) is 1. The number of carbonyl (C=O) groups excluding carboxylic acids is 4. The minimum absolute atomic E-state index is 0.0694. The Bertz CT molecular complexity index is 918. The van der Waals surface area contributed by atoms with Crippen LogP contribution in [0.2, 0.25) is 0 Å². The number of benzene rings is 2. The van der Waals surface area contributed by atoms with E-state index in [9.17, 15) is 19.2 Å². The van der Waals surface area contributed by atoms with Crippen LogP contribution in [0.25, 0.3) is 0 Å². The zero-order valence-corrected chi connectivity index (χ0v) is 16.5. The van der Waals surface area contributed by atoms with Gasteiger partial charge in [-0.3, -0.25) is 9.59 Å². The van der Waals surface area contributed by atoms with Crippen LogP contribution in [0.5, 0.6) is 5.75 Å². The van der Waals surface area contributed by atoms with Crippen molar-refractivity contribution in [3.05, 3.63) is 59.2 Å². The van der Waals surface area contributed by atoms with Gasteiger partial charge in [0.05, 0.1) is 31.0 Å². The van der Waals surface area contributed by atoms with Crippen LogP contribution < -0.4 is 10.1 Å². The summed E-state index contributed by atoms with van der Waals surface area (Å²) >= 11 is 0. The fraction of sp³-hybridized carbons (Fsp3) is 0.238. The molecule has 0 spiro atoms. The summed E-state index contributed by atoms with van der Waals surface area (Å²) < 4.78 is 14.9. The predicted molar refractivity (Wildman–Crippen MR) is 104 cm³/mol. The number of nitrogens with one attached hydrogen (secondary N) is 1. The van der Waals surface area contributed by atoms with E-state index in [2.05, 4.69) is 14.8 Å². The van der Waals surface area contributed by atoms with Crippen molar-refractivity contribution in [2.75, 3.05) is 19.5 Å². The van der Waals surface area contributed by atoms with Crippen LogP contribution in [0.3, 0.4) is 0 Å². The lowest BCUT2D eigenvalue weighted by molar-refractivity contribution is -0.122. The highest BCUT2D eigenvalue weighted by Gasteiger charge is 2.20. The molecule has 8 nitrogen and oxygen atoms in total. The molecule has 0 saturated carbocycles. The fourth-order valence-electron chi connectivity index (χ4n) is 2.53. The number of hydrogen-bond donors (Lipinski definition) is 1. The molecule has 0 fully saturated rings. The van der Waals surface area contributed by atoms with Gasteiger partial charge in [0.15, 0.2) is 11.9 Å². The maximum absolute atomic E-state index is 12.5. The van der Waals surface area contributed by atoms with E-state index < -0.39 is 23.9 Å². The molecule has 2 aromatic carbocycles. The molecular weight excluding hydrogens is 378 g/mol. The van der Waals surface area contributed by atoms with Gasteiger partial charge in [0.1, 0.15) is 5.75 Å². The van der Waals surface area contributed by atoms with Crippen molar-refractivity contribution in [3.8, 4) is 5.75 Å².